The molecule has 0 amide bonds. The SMILES string of the molecule is O=[N+]([O-])c1ccc(-c2ccc([C@@H]3[C@@H](c4ccccn4)NC(=S)N3C[C@H]3CCCO3)o2)cc1. The summed E-state index contributed by atoms with van der Waals surface area (Å²) >= 11 is 5.69. The van der Waals surface area contributed by atoms with Gasteiger partial charge < -0.3 is 19.4 Å². The van der Waals surface area contributed by atoms with Crippen molar-refractivity contribution in [2.24, 2.45) is 0 Å². The molecule has 2 aliphatic heterocycles. The van der Waals surface area contributed by atoms with Crippen molar-refractivity contribution >= 4 is 23.0 Å². The molecule has 5 rings (SSSR count). The predicted octanol–water partition coefficient (Wildman–Crippen LogP) is 4.40. The molecule has 2 aromatic heterocycles. The molecule has 0 spiro atoms. The van der Waals surface area contributed by atoms with Gasteiger partial charge in [0.2, 0.25) is 0 Å². The van der Waals surface area contributed by atoms with Gasteiger partial charge in [-0.25, -0.2) is 0 Å². The first-order valence-corrected chi connectivity index (χ1v) is 11.0. The molecule has 0 aliphatic carbocycles. The van der Waals surface area contributed by atoms with Gasteiger partial charge in [-0.15, -0.1) is 0 Å². The van der Waals surface area contributed by atoms with Crippen LogP contribution in [0.1, 0.15) is 36.4 Å². The third-order valence-corrected chi connectivity index (χ3v) is 6.26. The zero-order chi connectivity index (χ0) is 22.1. The Bertz CT molecular complexity index is 1110. The molecule has 8 nitrogen and oxygen atoms in total. The Hall–Kier alpha value is -3.30. The molecule has 0 radical (unpaired) electrons. The standard InChI is InChI=1S/C23H22N4O4S/c28-27(29)16-8-6-15(7-9-16)19-10-11-20(31-19)22-21(18-5-1-2-12-24-18)25-23(32)26(22)14-17-4-3-13-30-17/h1-2,5-12,17,21-22H,3-4,13-14H2,(H,25,32)/t17-,21-,22-/m1/s1. The van der Waals surface area contributed by atoms with Crippen molar-refractivity contribution < 1.29 is 14.1 Å². The van der Waals surface area contributed by atoms with E-state index in [0.717, 1.165) is 36.5 Å². The van der Waals surface area contributed by atoms with Crippen LogP contribution >= 0.6 is 12.2 Å². The van der Waals surface area contributed by atoms with Crippen LogP contribution in [-0.2, 0) is 4.74 Å². The highest BCUT2D eigenvalue weighted by Gasteiger charge is 2.42. The zero-order valence-electron chi connectivity index (χ0n) is 17.2. The number of nitrogens with one attached hydrogen (secondary N) is 1. The van der Waals surface area contributed by atoms with Crippen LogP contribution < -0.4 is 5.32 Å². The number of nitro groups is 1. The number of nitrogens with zero attached hydrogens (tertiary/aromatic N) is 3. The summed E-state index contributed by atoms with van der Waals surface area (Å²) in [6.45, 7) is 1.45. The van der Waals surface area contributed by atoms with E-state index in [0.29, 0.717) is 17.4 Å². The van der Waals surface area contributed by atoms with Crippen LogP contribution in [0.15, 0.2) is 65.2 Å². The highest BCUT2D eigenvalue weighted by atomic mass is 32.1. The number of thiocarbonyl (C=S) groups is 1. The second-order valence-corrected chi connectivity index (χ2v) is 8.31. The Morgan fingerprint density at radius 3 is 2.72 bits per heavy atom. The van der Waals surface area contributed by atoms with Crippen molar-refractivity contribution in [1.82, 2.24) is 15.2 Å². The van der Waals surface area contributed by atoms with Gasteiger partial charge in [-0.05, 0) is 61.5 Å². The van der Waals surface area contributed by atoms with E-state index in [1.165, 1.54) is 12.1 Å². The van der Waals surface area contributed by atoms with Gasteiger partial charge >= 0.3 is 0 Å². The number of rotatable bonds is 6. The van der Waals surface area contributed by atoms with Crippen molar-refractivity contribution in [1.29, 1.82) is 0 Å². The molecule has 2 fully saturated rings. The van der Waals surface area contributed by atoms with Gasteiger partial charge in [0, 0.05) is 37.0 Å². The van der Waals surface area contributed by atoms with E-state index in [1.54, 1.807) is 18.3 Å². The third-order valence-electron chi connectivity index (χ3n) is 5.90. The van der Waals surface area contributed by atoms with E-state index < -0.39 is 4.92 Å². The number of benzene rings is 1. The Morgan fingerprint density at radius 2 is 2.03 bits per heavy atom. The van der Waals surface area contributed by atoms with E-state index in [9.17, 15) is 10.1 Å². The van der Waals surface area contributed by atoms with Crippen LogP contribution in [0.2, 0.25) is 0 Å². The topological polar surface area (TPSA) is 93.7 Å². The maximum absolute atomic E-state index is 10.9. The van der Waals surface area contributed by atoms with Crippen molar-refractivity contribution in [3.8, 4) is 11.3 Å². The van der Waals surface area contributed by atoms with E-state index in [4.69, 9.17) is 21.4 Å². The quantitative estimate of drug-likeness (QED) is 0.336. The van der Waals surface area contributed by atoms with Gasteiger partial charge in [0.1, 0.15) is 17.6 Å². The van der Waals surface area contributed by atoms with Gasteiger partial charge in [-0.1, -0.05) is 6.07 Å². The molecule has 164 valence electrons. The van der Waals surface area contributed by atoms with E-state index >= 15 is 0 Å². The van der Waals surface area contributed by atoms with Gasteiger partial charge in [-0.3, -0.25) is 15.1 Å². The lowest BCUT2D eigenvalue weighted by atomic mass is 10.0. The van der Waals surface area contributed by atoms with Crippen molar-refractivity contribution in [2.75, 3.05) is 13.2 Å². The molecular weight excluding hydrogens is 428 g/mol. The lowest BCUT2D eigenvalue weighted by Crippen LogP contribution is -2.36. The summed E-state index contributed by atoms with van der Waals surface area (Å²) in [5, 5.41) is 15.0. The van der Waals surface area contributed by atoms with Crippen molar-refractivity contribution in [3.63, 3.8) is 0 Å². The number of hydrogen-bond acceptors (Lipinski definition) is 6. The number of hydrogen-bond donors (Lipinski definition) is 1. The minimum Gasteiger partial charge on any atom is -0.459 e. The second-order valence-electron chi connectivity index (χ2n) is 7.92. The lowest BCUT2D eigenvalue weighted by Gasteiger charge is -2.28. The van der Waals surface area contributed by atoms with Crippen molar-refractivity contribution in [2.45, 2.75) is 31.0 Å². The largest absolute Gasteiger partial charge is 0.459 e. The molecule has 1 N–H and O–H groups in total. The number of furan rings is 1. The minimum atomic E-state index is -0.414. The van der Waals surface area contributed by atoms with E-state index in [-0.39, 0.29) is 23.9 Å². The molecule has 3 aromatic rings. The number of aromatic nitrogens is 1. The fourth-order valence-corrected chi connectivity index (χ4v) is 4.65. The summed E-state index contributed by atoms with van der Waals surface area (Å²) in [5.41, 5.74) is 1.70. The summed E-state index contributed by atoms with van der Waals surface area (Å²) in [6, 6.07) is 15.6. The minimum absolute atomic E-state index is 0.0452. The lowest BCUT2D eigenvalue weighted by molar-refractivity contribution is -0.384. The Morgan fingerprint density at radius 1 is 1.19 bits per heavy atom. The van der Waals surface area contributed by atoms with Crippen molar-refractivity contribution in [3.05, 3.63) is 82.4 Å². The molecule has 2 saturated heterocycles. The van der Waals surface area contributed by atoms with Crippen LogP contribution in [0.5, 0.6) is 0 Å². The molecule has 2 aliphatic rings. The van der Waals surface area contributed by atoms with E-state index in [1.807, 2.05) is 30.3 Å². The summed E-state index contributed by atoms with van der Waals surface area (Å²) in [6.07, 6.45) is 3.96. The first-order chi connectivity index (χ1) is 15.6. The molecule has 9 heteroatoms. The summed E-state index contributed by atoms with van der Waals surface area (Å²) < 4.78 is 12.1. The Labute approximate surface area is 190 Å². The number of ether oxygens (including phenoxy) is 1. The molecule has 4 heterocycles. The fourth-order valence-electron chi connectivity index (χ4n) is 4.33. The van der Waals surface area contributed by atoms with E-state index in [2.05, 4.69) is 15.2 Å². The fraction of sp³-hybridized carbons (Fsp3) is 0.304. The van der Waals surface area contributed by atoms with Gasteiger partial charge in [0.05, 0.1) is 22.8 Å². The normalized spacial score (nSPS) is 22.8. The predicted molar refractivity (Wildman–Crippen MR) is 122 cm³/mol. The first-order valence-electron chi connectivity index (χ1n) is 10.5. The Kier molecular flexibility index (Phi) is 5.59. The molecule has 0 unspecified atom stereocenters. The van der Waals surface area contributed by atoms with Gasteiger partial charge in [-0.2, -0.15) is 0 Å². The Balaban J connectivity index is 1.48. The molecule has 0 bridgehead atoms. The smallest absolute Gasteiger partial charge is 0.269 e. The third kappa shape index (κ3) is 3.96. The maximum atomic E-state index is 10.9. The van der Waals surface area contributed by atoms with Crippen LogP contribution in [0.25, 0.3) is 11.3 Å². The first kappa shape index (κ1) is 20.6. The van der Waals surface area contributed by atoms with Gasteiger partial charge in [0.25, 0.3) is 5.69 Å². The van der Waals surface area contributed by atoms with Crippen LogP contribution in [-0.4, -0.2) is 39.2 Å². The molecule has 32 heavy (non-hydrogen) atoms. The van der Waals surface area contributed by atoms with Crippen LogP contribution in [0, 0.1) is 10.1 Å². The number of pyridine rings is 1. The number of non-ortho nitro benzene ring substituents is 1. The average molecular weight is 451 g/mol. The second kappa shape index (κ2) is 8.68. The highest BCUT2D eigenvalue weighted by Crippen LogP contribution is 2.41. The summed E-state index contributed by atoms with van der Waals surface area (Å²) in [5.74, 6) is 1.39. The molecule has 3 atom stereocenters. The maximum Gasteiger partial charge on any atom is 0.269 e. The monoisotopic (exact) mass is 450 g/mol. The van der Waals surface area contributed by atoms with Crippen LogP contribution in [0.4, 0.5) is 5.69 Å². The molecule has 0 saturated carbocycles. The van der Waals surface area contributed by atoms with Gasteiger partial charge in [0.15, 0.2) is 5.11 Å². The highest BCUT2D eigenvalue weighted by molar-refractivity contribution is 7.80. The summed E-state index contributed by atoms with van der Waals surface area (Å²) in [7, 11) is 0. The average Bonchev–Trinajstić information content (AvgIpc) is 3.56. The molecular formula is C23H22N4O4S. The summed E-state index contributed by atoms with van der Waals surface area (Å²) in [4.78, 5) is 17.2. The number of nitro benzene ring substituents is 1. The molecule has 1 aromatic carbocycles. The zero-order valence-corrected chi connectivity index (χ0v) is 18.0. The van der Waals surface area contributed by atoms with Crippen LogP contribution in [0.3, 0.4) is 0 Å².